The van der Waals surface area contributed by atoms with Crippen molar-refractivity contribution in [3.63, 3.8) is 0 Å². The number of carbonyl (C=O) groups is 1. The van der Waals surface area contributed by atoms with E-state index in [1.165, 1.54) is 36.4 Å². The second kappa shape index (κ2) is 9.16. The minimum Gasteiger partial charge on any atom is -0.492 e. The molecule has 1 atom stereocenters. The molecule has 0 aliphatic carbocycles. The fourth-order valence-corrected chi connectivity index (χ4v) is 4.18. The fourth-order valence-electron chi connectivity index (χ4n) is 2.65. The van der Waals surface area contributed by atoms with Gasteiger partial charge in [0.1, 0.15) is 6.10 Å². The second-order valence-corrected chi connectivity index (χ2v) is 8.85. The Morgan fingerprint density at radius 3 is 2.12 bits per heavy atom. The number of ether oxygens (including phenoxy) is 1. The third-order valence-corrected chi connectivity index (χ3v) is 6.21. The summed E-state index contributed by atoms with van der Waals surface area (Å²) in [6.07, 6.45) is -2.88. The molecule has 0 bridgehead atoms. The van der Waals surface area contributed by atoms with Gasteiger partial charge in [0.2, 0.25) is 11.8 Å². The molecule has 0 amide bonds. The zero-order chi connectivity index (χ0) is 23.5. The maximum atomic E-state index is 12.8. The lowest BCUT2D eigenvalue weighted by Crippen LogP contribution is -2.26. The van der Waals surface area contributed by atoms with Gasteiger partial charge >= 0.3 is 6.16 Å². The van der Waals surface area contributed by atoms with E-state index in [1.54, 1.807) is 0 Å². The zero-order valence-corrected chi connectivity index (χ0v) is 17.6. The highest BCUT2D eigenvalue weighted by atomic mass is 35.5. The van der Waals surface area contributed by atoms with Crippen molar-refractivity contribution in [2.24, 2.45) is 0 Å². The van der Waals surface area contributed by atoms with Crippen molar-refractivity contribution in [3.05, 3.63) is 81.4 Å². The van der Waals surface area contributed by atoms with Crippen LogP contribution in [0.1, 0.15) is 11.7 Å². The maximum absolute atomic E-state index is 12.8. The van der Waals surface area contributed by atoms with Crippen molar-refractivity contribution in [1.29, 1.82) is 0 Å². The summed E-state index contributed by atoms with van der Waals surface area (Å²) in [5.74, 6) is -1.95. The molecule has 0 spiro atoms. The number of nitro groups is 1. The van der Waals surface area contributed by atoms with E-state index in [4.69, 9.17) is 21.2 Å². The molecule has 0 aliphatic rings. The van der Waals surface area contributed by atoms with Crippen LogP contribution in [-0.2, 0) is 14.6 Å². The summed E-state index contributed by atoms with van der Waals surface area (Å²) in [6.45, 7) is 0. The normalized spacial score (nSPS) is 12.2. The number of non-ortho nitro benzene ring substituents is 1. The highest BCUT2D eigenvalue weighted by Gasteiger charge is 2.28. The number of aromatic hydroxyl groups is 2. The summed E-state index contributed by atoms with van der Waals surface area (Å²) in [5, 5.41) is 30.3. The van der Waals surface area contributed by atoms with E-state index < -0.39 is 44.5 Å². The summed E-state index contributed by atoms with van der Waals surface area (Å²) in [5.41, 5.74) is -0.121. The average molecular weight is 483 g/mol. The van der Waals surface area contributed by atoms with Crippen LogP contribution in [0.25, 0.3) is 0 Å². The van der Waals surface area contributed by atoms with Crippen LogP contribution in [0.5, 0.6) is 11.8 Å². The maximum Gasteiger partial charge on any atom is 0.534 e. The van der Waals surface area contributed by atoms with E-state index in [2.05, 4.69) is 0 Å². The number of nitrogens with zero attached hydrogens (tertiary/aromatic N) is 2. The van der Waals surface area contributed by atoms with Crippen LogP contribution < -0.4 is 4.84 Å². The van der Waals surface area contributed by atoms with Crippen LogP contribution in [0.3, 0.4) is 0 Å². The van der Waals surface area contributed by atoms with Gasteiger partial charge in [0.15, 0.2) is 9.84 Å². The SMILES string of the molecule is O=C(OC(CS(=O)(=O)c1ccc(Cl)cc1)c1ccc([N+](=O)[O-])cc1)On1c(O)ccc1O. The number of benzene rings is 2. The predicted molar refractivity (Wildman–Crippen MR) is 110 cm³/mol. The number of aromatic nitrogens is 1. The van der Waals surface area contributed by atoms with Crippen molar-refractivity contribution in [1.82, 2.24) is 4.73 Å². The van der Waals surface area contributed by atoms with Gasteiger partial charge in [0, 0.05) is 29.3 Å². The molecule has 3 rings (SSSR count). The van der Waals surface area contributed by atoms with E-state index in [1.807, 2.05) is 0 Å². The van der Waals surface area contributed by atoms with Gasteiger partial charge in [-0.25, -0.2) is 13.2 Å². The van der Waals surface area contributed by atoms with Crippen molar-refractivity contribution in [2.75, 3.05) is 5.75 Å². The van der Waals surface area contributed by atoms with E-state index >= 15 is 0 Å². The zero-order valence-electron chi connectivity index (χ0n) is 16.0. The predicted octanol–water partition coefficient (Wildman–Crippen LogP) is 3.24. The van der Waals surface area contributed by atoms with Crippen molar-refractivity contribution >= 4 is 33.3 Å². The first-order valence-corrected chi connectivity index (χ1v) is 10.8. The Morgan fingerprint density at radius 1 is 1.03 bits per heavy atom. The quantitative estimate of drug-likeness (QED) is 0.293. The lowest BCUT2D eigenvalue weighted by molar-refractivity contribution is -0.384. The molecular formula is C19H15ClN2O9S. The Balaban J connectivity index is 1.89. The standard InChI is InChI=1S/C19H15ClN2O9S/c20-13-3-7-15(8-4-13)32(28,29)11-16(12-1-5-14(6-2-12)22(26)27)30-19(25)31-21-17(23)9-10-18(21)24/h1-10,16,23-24H,11H2. The summed E-state index contributed by atoms with van der Waals surface area (Å²) in [6, 6.07) is 12.1. The lowest BCUT2D eigenvalue weighted by Gasteiger charge is -2.18. The third kappa shape index (κ3) is 5.28. The number of hydrogen-bond acceptors (Lipinski definition) is 9. The second-order valence-electron chi connectivity index (χ2n) is 6.38. The minimum absolute atomic E-state index is 0.0912. The Labute approximate surface area is 186 Å². The molecule has 0 saturated carbocycles. The summed E-state index contributed by atoms with van der Waals surface area (Å²) < 4.78 is 31.2. The highest BCUT2D eigenvalue weighted by Crippen LogP contribution is 2.27. The Bertz CT molecular complexity index is 1220. The Morgan fingerprint density at radius 2 is 1.59 bits per heavy atom. The number of nitro benzene ring substituents is 1. The summed E-state index contributed by atoms with van der Waals surface area (Å²) in [4.78, 5) is 27.1. The van der Waals surface area contributed by atoms with Crippen molar-refractivity contribution in [2.45, 2.75) is 11.0 Å². The van der Waals surface area contributed by atoms with Crippen molar-refractivity contribution < 1.29 is 37.9 Å². The van der Waals surface area contributed by atoms with Crippen LogP contribution in [-0.4, -0.2) is 40.2 Å². The monoisotopic (exact) mass is 482 g/mol. The van der Waals surface area contributed by atoms with Gasteiger partial charge in [0.25, 0.3) is 5.69 Å². The van der Waals surface area contributed by atoms with Crippen LogP contribution >= 0.6 is 11.6 Å². The fraction of sp³-hybridized carbons (Fsp3) is 0.105. The number of sulfone groups is 1. The summed E-state index contributed by atoms with van der Waals surface area (Å²) >= 11 is 5.79. The van der Waals surface area contributed by atoms with Gasteiger partial charge < -0.3 is 14.9 Å². The molecule has 2 aromatic carbocycles. The van der Waals surface area contributed by atoms with Crippen LogP contribution in [0.4, 0.5) is 10.5 Å². The molecule has 1 unspecified atom stereocenters. The molecular weight excluding hydrogens is 468 g/mol. The smallest absolute Gasteiger partial charge is 0.492 e. The third-order valence-electron chi connectivity index (χ3n) is 4.22. The van der Waals surface area contributed by atoms with Gasteiger partial charge in [-0.2, -0.15) is 0 Å². The van der Waals surface area contributed by atoms with Crippen LogP contribution in [0.2, 0.25) is 5.02 Å². The summed E-state index contributed by atoms with van der Waals surface area (Å²) in [7, 11) is -4.01. The van der Waals surface area contributed by atoms with E-state index in [0.717, 1.165) is 24.3 Å². The Kier molecular flexibility index (Phi) is 6.55. The number of carbonyl (C=O) groups excluding carboxylic acids is 1. The van der Waals surface area contributed by atoms with Gasteiger partial charge in [-0.3, -0.25) is 15.0 Å². The Hall–Kier alpha value is -3.77. The molecule has 3 aromatic rings. The molecule has 0 radical (unpaired) electrons. The van der Waals surface area contributed by atoms with Gasteiger partial charge in [-0.1, -0.05) is 11.6 Å². The molecule has 11 nitrogen and oxygen atoms in total. The van der Waals surface area contributed by atoms with Crippen molar-refractivity contribution in [3.8, 4) is 11.8 Å². The lowest BCUT2D eigenvalue weighted by atomic mass is 10.1. The molecule has 0 fully saturated rings. The molecule has 0 aliphatic heterocycles. The number of hydrogen-bond donors (Lipinski definition) is 2. The topological polar surface area (TPSA) is 158 Å². The van der Waals surface area contributed by atoms with Gasteiger partial charge in [0.05, 0.1) is 15.6 Å². The van der Waals surface area contributed by atoms with Crippen LogP contribution in [0, 0.1) is 10.1 Å². The average Bonchev–Trinajstić information content (AvgIpc) is 3.05. The number of halogens is 1. The van der Waals surface area contributed by atoms with Gasteiger partial charge in [-0.15, -0.1) is 4.73 Å². The molecule has 2 N–H and O–H groups in total. The first-order valence-electron chi connectivity index (χ1n) is 8.78. The minimum atomic E-state index is -4.01. The number of rotatable bonds is 7. The molecule has 13 heteroatoms. The first-order chi connectivity index (χ1) is 15.1. The van der Waals surface area contributed by atoms with E-state index in [0.29, 0.717) is 9.75 Å². The largest absolute Gasteiger partial charge is 0.534 e. The molecule has 32 heavy (non-hydrogen) atoms. The van der Waals surface area contributed by atoms with Crippen LogP contribution in [0.15, 0.2) is 65.6 Å². The van der Waals surface area contributed by atoms with Gasteiger partial charge in [-0.05, 0) is 42.0 Å². The molecule has 1 heterocycles. The highest BCUT2D eigenvalue weighted by molar-refractivity contribution is 7.91. The van der Waals surface area contributed by atoms with E-state index in [9.17, 15) is 33.5 Å². The first kappa shape index (κ1) is 22.9. The van der Waals surface area contributed by atoms with E-state index in [-0.39, 0.29) is 16.1 Å². The molecule has 168 valence electrons. The molecule has 1 aromatic heterocycles. The molecule has 0 saturated heterocycles.